The van der Waals surface area contributed by atoms with Crippen LogP contribution in [0.4, 0.5) is 0 Å². The molecule has 5 heteroatoms. The summed E-state index contributed by atoms with van der Waals surface area (Å²) in [7, 11) is 0. The van der Waals surface area contributed by atoms with E-state index >= 15 is 0 Å². The normalized spacial score (nSPS) is 10.1. The highest BCUT2D eigenvalue weighted by Gasteiger charge is 2.03. The van der Waals surface area contributed by atoms with Gasteiger partial charge in [-0.05, 0) is 15.9 Å². The summed E-state index contributed by atoms with van der Waals surface area (Å²) in [5, 5.41) is 0.804. The van der Waals surface area contributed by atoms with E-state index in [0.717, 1.165) is 14.8 Å². The lowest BCUT2D eigenvalue weighted by atomic mass is 10.6. The molecular weight excluding hydrogens is 289 g/mol. The molecule has 9 heavy (non-hydrogen) atoms. The Morgan fingerprint density at radius 2 is 2.33 bits per heavy atom. The molecule has 1 heterocycles. The van der Waals surface area contributed by atoms with Gasteiger partial charge in [0.2, 0.25) is 0 Å². The van der Waals surface area contributed by atoms with Crippen molar-refractivity contribution < 1.29 is 0 Å². The van der Waals surface area contributed by atoms with E-state index in [1.807, 2.05) is 0 Å². The van der Waals surface area contributed by atoms with Crippen LogP contribution in [0.15, 0.2) is 4.60 Å². The van der Waals surface area contributed by atoms with Crippen LogP contribution in [0.1, 0.15) is 4.88 Å². The maximum absolute atomic E-state index is 5.60. The lowest BCUT2D eigenvalue weighted by Crippen LogP contribution is -1.67. The summed E-state index contributed by atoms with van der Waals surface area (Å²) in [6, 6.07) is 0. The van der Waals surface area contributed by atoms with Crippen LogP contribution in [0.2, 0.25) is 4.47 Å². The van der Waals surface area contributed by atoms with E-state index in [1.165, 1.54) is 11.3 Å². The molecular formula is C4H2Br2ClNS. The third kappa shape index (κ3) is 1.90. The van der Waals surface area contributed by atoms with E-state index in [1.54, 1.807) is 0 Å². The SMILES string of the molecule is Clc1nc(Br)c(CBr)s1. The zero-order valence-electron chi connectivity index (χ0n) is 4.20. The van der Waals surface area contributed by atoms with Crippen LogP contribution in [0.5, 0.6) is 0 Å². The molecule has 0 radical (unpaired) electrons. The molecule has 0 amide bonds. The van der Waals surface area contributed by atoms with Gasteiger partial charge in [0, 0.05) is 5.33 Å². The fraction of sp³-hybridized carbons (Fsp3) is 0.250. The number of rotatable bonds is 1. The van der Waals surface area contributed by atoms with Crippen molar-refractivity contribution >= 4 is 54.8 Å². The van der Waals surface area contributed by atoms with Crippen molar-refractivity contribution in [2.24, 2.45) is 0 Å². The Bertz CT molecular complexity index is 212. The van der Waals surface area contributed by atoms with Crippen LogP contribution in [0, 0.1) is 0 Å². The maximum atomic E-state index is 5.60. The fourth-order valence-electron chi connectivity index (χ4n) is 0.389. The van der Waals surface area contributed by atoms with Crippen molar-refractivity contribution in [3.8, 4) is 0 Å². The lowest BCUT2D eigenvalue weighted by Gasteiger charge is -1.82. The van der Waals surface area contributed by atoms with Crippen LogP contribution in [-0.4, -0.2) is 4.98 Å². The molecule has 1 nitrogen and oxygen atoms in total. The van der Waals surface area contributed by atoms with Crippen LogP contribution < -0.4 is 0 Å². The Labute approximate surface area is 78.7 Å². The summed E-state index contributed by atoms with van der Waals surface area (Å²) in [4.78, 5) is 5.08. The minimum Gasteiger partial charge on any atom is -0.218 e. The Balaban J connectivity index is 3.01. The van der Waals surface area contributed by atoms with Gasteiger partial charge >= 0.3 is 0 Å². The zero-order valence-corrected chi connectivity index (χ0v) is 8.94. The Morgan fingerprint density at radius 1 is 1.67 bits per heavy atom. The highest BCUT2D eigenvalue weighted by atomic mass is 79.9. The molecule has 0 saturated heterocycles. The van der Waals surface area contributed by atoms with E-state index in [-0.39, 0.29) is 0 Å². The summed E-state index contributed by atoms with van der Waals surface area (Å²) in [6.45, 7) is 0. The zero-order chi connectivity index (χ0) is 6.85. The van der Waals surface area contributed by atoms with Crippen molar-refractivity contribution in [3.05, 3.63) is 13.9 Å². The molecule has 1 aromatic heterocycles. The second-order valence-electron chi connectivity index (χ2n) is 1.31. The Hall–Kier alpha value is 0.880. The number of alkyl halides is 1. The van der Waals surface area contributed by atoms with Gasteiger partial charge in [-0.2, -0.15) is 0 Å². The van der Waals surface area contributed by atoms with Gasteiger partial charge in [-0.1, -0.05) is 27.5 Å². The molecule has 0 atom stereocenters. The molecule has 0 aromatic carbocycles. The van der Waals surface area contributed by atoms with E-state index in [4.69, 9.17) is 11.6 Å². The minimum atomic E-state index is 0.580. The molecule has 0 fully saturated rings. The van der Waals surface area contributed by atoms with Gasteiger partial charge in [-0.25, -0.2) is 4.98 Å². The average molecular weight is 291 g/mol. The molecule has 0 unspecified atom stereocenters. The van der Waals surface area contributed by atoms with Crippen molar-refractivity contribution in [2.45, 2.75) is 5.33 Å². The summed E-state index contributed by atoms with van der Waals surface area (Å²) in [5.74, 6) is 0. The number of hydrogen-bond donors (Lipinski definition) is 0. The molecule has 0 aliphatic heterocycles. The summed E-state index contributed by atoms with van der Waals surface area (Å²) in [6.07, 6.45) is 0. The standard InChI is InChI=1S/C4H2Br2ClNS/c5-1-2-3(6)8-4(7)9-2/h1H2. The first-order valence-corrected chi connectivity index (χ1v) is 5.21. The first-order valence-electron chi connectivity index (χ1n) is 2.10. The molecule has 1 aromatic rings. The molecule has 0 aliphatic rings. The maximum Gasteiger partial charge on any atom is 0.184 e. The van der Waals surface area contributed by atoms with Crippen LogP contribution in [0.3, 0.4) is 0 Å². The highest BCUT2D eigenvalue weighted by Crippen LogP contribution is 2.28. The lowest BCUT2D eigenvalue weighted by molar-refractivity contribution is 1.32. The Morgan fingerprint density at radius 3 is 2.56 bits per heavy atom. The van der Waals surface area contributed by atoms with Gasteiger partial charge in [0.05, 0.1) is 4.88 Å². The van der Waals surface area contributed by atoms with Crippen molar-refractivity contribution in [3.63, 3.8) is 0 Å². The predicted octanol–water partition coefficient (Wildman–Crippen LogP) is 3.45. The second kappa shape index (κ2) is 3.32. The number of aromatic nitrogens is 1. The van der Waals surface area contributed by atoms with Gasteiger partial charge in [0.25, 0.3) is 0 Å². The van der Waals surface area contributed by atoms with E-state index in [2.05, 4.69) is 36.8 Å². The van der Waals surface area contributed by atoms with Gasteiger partial charge < -0.3 is 0 Å². The van der Waals surface area contributed by atoms with Gasteiger partial charge in [-0.3, -0.25) is 0 Å². The predicted molar refractivity (Wildman–Crippen MR) is 47.5 cm³/mol. The molecule has 0 spiro atoms. The van der Waals surface area contributed by atoms with Gasteiger partial charge in [0.1, 0.15) is 4.60 Å². The van der Waals surface area contributed by atoms with Gasteiger partial charge in [-0.15, -0.1) is 11.3 Å². The molecule has 0 N–H and O–H groups in total. The Kier molecular flexibility index (Phi) is 2.95. The molecule has 0 bridgehead atoms. The van der Waals surface area contributed by atoms with Crippen molar-refractivity contribution in [1.82, 2.24) is 4.98 Å². The molecule has 0 saturated carbocycles. The number of halogens is 3. The fourth-order valence-corrected chi connectivity index (χ4v) is 3.04. The quantitative estimate of drug-likeness (QED) is 0.722. The van der Waals surface area contributed by atoms with Crippen LogP contribution in [0.25, 0.3) is 0 Å². The monoisotopic (exact) mass is 289 g/mol. The topological polar surface area (TPSA) is 12.9 Å². The number of nitrogens with zero attached hydrogens (tertiary/aromatic N) is 1. The first kappa shape index (κ1) is 7.98. The summed E-state index contributed by atoms with van der Waals surface area (Å²) >= 11 is 13.6. The first-order chi connectivity index (χ1) is 4.24. The number of thiazole rings is 1. The highest BCUT2D eigenvalue weighted by molar-refractivity contribution is 9.10. The molecule has 0 aliphatic carbocycles. The summed E-state index contributed by atoms with van der Waals surface area (Å²) in [5.41, 5.74) is 0. The average Bonchev–Trinajstić information content (AvgIpc) is 2.10. The van der Waals surface area contributed by atoms with E-state index in [9.17, 15) is 0 Å². The third-order valence-corrected chi connectivity index (χ3v) is 3.76. The third-order valence-electron chi connectivity index (χ3n) is 0.745. The number of hydrogen-bond acceptors (Lipinski definition) is 2. The van der Waals surface area contributed by atoms with E-state index in [0.29, 0.717) is 4.47 Å². The van der Waals surface area contributed by atoms with Gasteiger partial charge in [0.15, 0.2) is 4.47 Å². The minimum absolute atomic E-state index is 0.580. The molecule has 50 valence electrons. The largest absolute Gasteiger partial charge is 0.218 e. The van der Waals surface area contributed by atoms with E-state index < -0.39 is 0 Å². The van der Waals surface area contributed by atoms with Crippen molar-refractivity contribution in [2.75, 3.05) is 0 Å². The summed E-state index contributed by atoms with van der Waals surface area (Å²) < 4.78 is 1.42. The van der Waals surface area contributed by atoms with Crippen LogP contribution in [-0.2, 0) is 5.33 Å². The molecule has 1 rings (SSSR count). The smallest absolute Gasteiger partial charge is 0.184 e. The van der Waals surface area contributed by atoms with Crippen molar-refractivity contribution in [1.29, 1.82) is 0 Å². The van der Waals surface area contributed by atoms with Crippen LogP contribution >= 0.6 is 54.8 Å². The second-order valence-corrected chi connectivity index (χ2v) is 4.29.